The number of aliphatic hydroxyl groups is 2. The second-order valence-electron chi connectivity index (χ2n) is 2.31. The largest absolute Gasteiger partial charge is 0.750 e. The van der Waals surface area contributed by atoms with Crippen molar-refractivity contribution in [3.05, 3.63) is 0 Å². The van der Waals surface area contributed by atoms with Crippen molar-refractivity contribution >= 4 is 11.4 Å². The van der Waals surface area contributed by atoms with Gasteiger partial charge in [0.25, 0.3) is 0 Å². The Morgan fingerprint density at radius 1 is 1.23 bits per heavy atom. The lowest BCUT2D eigenvalue weighted by molar-refractivity contribution is 0.142. The fraction of sp³-hybridized carbons (Fsp3) is 1.00. The normalized spacial score (nSPS) is 13.5. The molecule has 7 heteroatoms. The molecule has 0 aliphatic rings. The van der Waals surface area contributed by atoms with Crippen molar-refractivity contribution < 1.29 is 23.2 Å². The maximum atomic E-state index is 9.96. The van der Waals surface area contributed by atoms with E-state index in [0.29, 0.717) is 19.6 Å². The third-order valence-electron chi connectivity index (χ3n) is 1.42. The zero-order valence-corrected chi connectivity index (χ0v) is 8.03. The van der Waals surface area contributed by atoms with Gasteiger partial charge in [0.2, 0.25) is 0 Å². The molecule has 13 heavy (non-hydrogen) atoms. The van der Waals surface area contributed by atoms with E-state index in [9.17, 15) is 8.76 Å². The average Bonchev–Trinajstić information content (AvgIpc) is 2.04. The van der Waals surface area contributed by atoms with E-state index in [1.807, 2.05) is 0 Å². The Labute approximate surface area is 79.6 Å². The fourth-order valence-corrected chi connectivity index (χ4v) is 1.06. The molecule has 2 N–H and O–H groups in total. The molecule has 0 aromatic heterocycles. The predicted octanol–water partition coefficient (Wildman–Crippen LogP) is -1.92. The molecule has 0 saturated heterocycles. The van der Waals surface area contributed by atoms with Crippen LogP contribution in [0.2, 0.25) is 0 Å². The van der Waals surface area contributed by atoms with Crippen molar-refractivity contribution in [2.75, 3.05) is 39.5 Å². The first-order valence-electron chi connectivity index (χ1n) is 3.87. The van der Waals surface area contributed by atoms with Crippen LogP contribution in [0.4, 0.5) is 0 Å². The molecule has 0 saturated carbocycles. The number of hydrogen-bond acceptors (Lipinski definition) is 6. The highest BCUT2D eigenvalue weighted by atomic mass is 32.2. The van der Waals surface area contributed by atoms with E-state index in [1.165, 1.54) is 0 Å². The van der Waals surface area contributed by atoms with Gasteiger partial charge in [-0.25, -0.2) is 4.21 Å². The molecule has 0 heterocycles. The monoisotopic (exact) mass is 212 g/mol. The minimum absolute atomic E-state index is 0.0273. The van der Waals surface area contributed by atoms with E-state index < -0.39 is 11.4 Å². The van der Waals surface area contributed by atoms with Crippen LogP contribution in [0.25, 0.3) is 0 Å². The summed E-state index contributed by atoms with van der Waals surface area (Å²) in [6.07, 6.45) is 0. The maximum absolute atomic E-state index is 9.96. The smallest absolute Gasteiger partial charge is 0.0842 e. The predicted molar refractivity (Wildman–Crippen MR) is 45.5 cm³/mol. The number of nitrogens with zero attached hydrogens (tertiary/aromatic N) is 1. The summed E-state index contributed by atoms with van der Waals surface area (Å²) in [6, 6.07) is 0. The molecule has 0 rings (SSSR count). The summed E-state index contributed by atoms with van der Waals surface area (Å²) in [5.41, 5.74) is 0. The minimum atomic E-state index is -2.49. The molecular formula is C6H14NO5S-. The molecule has 1 atom stereocenters. The summed E-state index contributed by atoms with van der Waals surface area (Å²) in [6.45, 7) is 1.15. The van der Waals surface area contributed by atoms with Gasteiger partial charge in [-0.3, -0.25) is 9.08 Å². The van der Waals surface area contributed by atoms with Crippen molar-refractivity contribution in [3.8, 4) is 0 Å². The third-order valence-corrected chi connectivity index (χ3v) is 1.78. The minimum Gasteiger partial charge on any atom is -0.750 e. The molecule has 0 fully saturated rings. The highest BCUT2D eigenvalue weighted by Gasteiger charge is 2.02. The lowest BCUT2D eigenvalue weighted by atomic mass is 10.4. The highest BCUT2D eigenvalue weighted by Crippen LogP contribution is 1.88. The number of rotatable bonds is 8. The average molecular weight is 212 g/mol. The molecule has 0 aliphatic carbocycles. The number of aliphatic hydroxyl groups excluding tert-OH is 2. The Balaban J connectivity index is 3.49. The van der Waals surface area contributed by atoms with E-state index in [0.717, 1.165) is 0 Å². The molecule has 6 nitrogen and oxygen atoms in total. The van der Waals surface area contributed by atoms with E-state index in [-0.39, 0.29) is 19.8 Å². The van der Waals surface area contributed by atoms with Crippen molar-refractivity contribution in [3.63, 3.8) is 0 Å². The Kier molecular flexibility index (Phi) is 8.51. The molecule has 80 valence electrons. The fourth-order valence-electron chi connectivity index (χ4n) is 0.853. The van der Waals surface area contributed by atoms with Gasteiger partial charge in [0, 0.05) is 19.6 Å². The molecule has 0 aromatic rings. The SMILES string of the molecule is O=S([O-])OCCN(CCO)CCO. The summed E-state index contributed by atoms with van der Waals surface area (Å²) in [5, 5.41) is 17.2. The Hall–Kier alpha value is -0.0500. The van der Waals surface area contributed by atoms with Crippen molar-refractivity contribution in [2.45, 2.75) is 0 Å². The Morgan fingerprint density at radius 2 is 1.77 bits per heavy atom. The van der Waals surface area contributed by atoms with Crippen LogP contribution in [-0.2, 0) is 15.5 Å². The first kappa shape index (κ1) is 12.9. The van der Waals surface area contributed by atoms with Gasteiger partial charge in [-0.2, -0.15) is 0 Å². The van der Waals surface area contributed by atoms with Gasteiger partial charge in [0.15, 0.2) is 0 Å². The topological polar surface area (TPSA) is 93.1 Å². The van der Waals surface area contributed by atoms with Crippen LogP contribution >= 0.6 is 0 Å². The Bertz CT molecular complexity index is 139. The zero-order chi connectivity index (χ0) is 10.1. The van der Waals surface area contributed by atoms with Gasteiger partial charge in [-0.1, -0.05) is 0 Å². The van der Waals surface area contributed by atoms with Crippen LogP contribution < -0.4 is 0 Å². The molecule has 0 aliphatic heterocycles. The van der Waals surface area contributed by atoms with E-state index in [2.05, 4.69) is 4.18 Å². The van der Waals surface area contributed by atoms with Crippen LogP contribution in [0.3, 0.4) is 0 Å². The summed E-state index contributed by atoms with van der Waals surface area (Å²) >= 11 is -2.49. The molecule has 0 aromatic carbocycles. The van der Waals surface area contributed by atoms with Gasteiger partial charge in [0.05, 0.1) is 31.2 Å². The molecule has 0 spiro atoms. The summed E-state index contributed by atoms with van der Waals surface area (Å²) in [5.74, 6) is 0. The lowest BCUT2D eigenvalue weighted by Gasteiger charge is -2.19. The molecule has 1 unspecified atom stereocenters. The van der Waals surface area contributed by atoms with Crippen LogP contribution in [0.1, 0.15) is 0 Å². The molecular weight excluding hydrogens is 198 g/mol. The van der Waals surface area contributed by atoms with Crippen molar-refractivity contribution in [2.24, 2.45) is 0 Å². The van der Waals surface area contributed by atoms with E-state index >= 15 is 0 Å². The van der Waals surface area contributed by atoms with E-state index in [4.69, 9.17) is 10.2 Å². The van der Waals surface area contributed by atoms with Gasteiger partial charge < -0.3 is 14.8 Å². The summed E-state index contributed by atoms with van der Waals surface area (Å²) in [4.78, 5) is 1.70. The molecule has 0 amide bonds. The summed E-state index contributed by atoms with van der Waals surface area (Å²) < 4.78 is 24.2. The van der Waals surface area contributed by atoms with Gasteiger partial charge in [-0.15, -0.1) is 0 Å². The second-order valence-corrected chi connectivity index (χ2v) is 2.96. The lowest BCUT2D eigenvalue weighted by Crippen LogP contribution is -2.33. The van der Waals surface area contributed by atoms with Crippen LogP contribution in [-0.4, -0.2) is 63.3 Å². The zero-order valence-electron chi connectivity index (χ0n) is 7.22. The second kappa shape index (κ2) is 8.54. The van der Waals surface area contributed by atoms with Crippen molar-refractivity contribution in [1.82, 2.24) is 4.90 Å². The highest BCUT2D eigenvalue weighted by molar-refractivity contribution is 7.74. The first-order valence-corrected chi connectivity index (χ1v) is 4.87. The standard InChI is InChI=1S/C6H15NO5S/c8-4-1-7(2-5-9)3-6-12-13(10)11/h8-9H,1-6H2,(H,10,11)/p-1. The van der Waals surface area contributed by atoms with Gasteiger partial charge in [-0.05, 0) is 0 Å². The van der Waals surface area contributed by atoms with Gasteiger partial charge >= 0.3 is 0 Å². The number of hydrogen-bond donors (Lipinski definition) is 2. The molecule has 0 bridgehead atoms. The quantitative estimate of drug-likeness (QED) is 0.456. The van der Waals surface area contributed by atoms with Crippen LogP contribution in [0, 0.1) is 0 Å². The summed E-state index contributed by atoms with van der Waals surface area (Å²) in [7, 11) is 0. The molecule has 0 radical (unpaired) electrons. The van der Waals surface area contributed by atoms with Gasteiger partial charge in [0.1, 0.15) is 0 Å². The van der Waals surface area contributed by atoms with E-state index in [1.54, 1.807) is 4.90 Å². The van der Waals surface area contributed by atoms with Crippen LogP contribution in [0.15, 0.2) is 0 Å². The Morgan fingerprint density at radius 3 is 2.15 bits per heavy atom. The first-order chi connectivity index (χ1) is 6.20. The third kappa shape index (κ3) is 8.28. The van der Waals surface area contributed by atoms with Crippen molar-refractivity contribution in [1.29, 1.82) is 0 Å². The maximum Gasteiger partial charge on any atom is 0.0842 e. The van der Waals surface area contributed by atoms with Crippen LogP contribution in [0.5, 0.6) is 0 Å².